The van der Waals surface area contributed by atoms with Gasteiger partial charge in [0.2, 0.25) is 0 Å². The molecule has 0 heterocycles. The molecule has 0 bridgehead atoms. The minimum absolute atomic E-state index is 0. The number of hydrogen-bond donors (Lipinski definition) is 1. The van der Waals surface area contributed by atoms with Crippen molar-refractivity contribution in [3.63, 3.8) is 0 Å². The van der Waals surface area contributed by atoms with Crippen molar-refractivity contribution in [2.24, 2.45) is 17.8 Å². The van der Waals surface area contributed by atoms with E-state index in [-0.39, 0.29) is 30.6 Å². The molecule has 3 heteroatoms. The Morgan fingerprint density at radius 2 is 1.57 bits per heavy atom. The largest absolute Gasteiger partial charge is 0.388 e. The smallest absolute Gasteiger partial charge is 0.0826 e. The standard InChI is InChI=1S/C19H31NO.C5H10.CH3.Fe/c1-6-15-9-7-8-10-17(15)19(21)18-13(2)11-12-16(18)14(3)20(4)5;1-2-4-5-3-1;;/h7-10,13-14,16,18-19,21H,6,11-12H2,1-5H3;1-5H2;1H3;/q;;-1;/t13?,14-,16?,18?,19?;;;/m1.../s1. The second-order valence-electron chi connectivity index (χ2n) is 8.77. The molecule has 164 valence electrons. The second kappa shape index (κ2) is 13.8. The Morgan fingerprint density at radius 3 is 2.07 bits per heavy atom. The number of benzene rings is 1. The van der Waals surface area contributed by atoms with Crippen LogP contribution in [0.3, 0.4) is 0 Å². The van der Waals surface area contributed by atoms with Crippen molar-refractivity contribution in [2.75, 3.05) is 14.1 Å². The Labute approximate surface area is 186 Å². The third-order valence-electron chi connectivity index (χ3n) is 6.91. The van der Waals surface area contributed by atoms with Gasteiger partial charge in [0, 0.05) is 23.1 Å². The Morgan fingerprint density at radius 1 is 1.04 bits per heavy atom. The minimum atomic E-state index is -0.328. The zero-order valence-corrected chi connectivity index (χ0v) is 20.2. The first-order valence-corrected chi connectivity index (χ1v) is 10.9. The molecule has 2 aliphatic carbocycles. The number of rotatable bonds is 5. The Hall–Kier alpha value is -0.341. The van der Waals surface area contributed by atoms with E-state index >= 15 is 0 Å². The summed E-state index contributed by atoms with van der Waals surface area (Å²) in [4.78, 5) is 2.30. The van der Waals surface area contributed by atoms with Gasteiger partial charge in [-0.1, -0.05) is 70.2 Å². The molecule has 1 aromatic rings. The van der Waals surface area contributed by atoms with E-state index in [4.69, 9.17) is 0 Å². The summed E-state index contributed by atoms with van der Waals surface area (Å²) in [7, 11) is 4.30. The average molecular weight is 430 g/mol. The zero-order chi connectivity index (χ0) is 19.1. The fourth-order valence-corrected chi connectivity index (χ4v) is 4.99. The summed E-state index contributed by atoms with van der Waals surface area (Å²) in [6, 6.07) is 8.92. The fraction of sp³-hybridized carbons (Fsp3) is 0.720. The van der Waals surface area contributed by atoms with Gasteiger partial charge in [-0.05, 0) is 69.2 Å². The van der Waals surface area contributed by atoms with Crippen LogP contribution in [0.15, 0.2) is 24.3 Å². The van der Waals surface area contributed by atoms with Gasteiger partial charge in [0.1, 0.15) is 0 Å². The van der Waals surface area contributed by atoms with Crippen molar-refractivity contribution in [2.45, 2.75) is 84.3 Å². The van der Waals surface area contributed by atoms with Crippen molar-refractivity contribution >= 4 is 0 Å². The molecule has 2 fully saturated rings. The summed E-state index contributed by atoms with van der Waals surface area (Å²) in [5.74, 6) is 1.54. The molecule has 0 amide bonds. The summed E-state index contributed by atoms with van der Waals surface area (Å²) in [5.41, 5.74) is 2.44. The molecular weight excluding hydrogens is 386 g/mol. The Balaban J connectivity index is 0.000000907. The molecule has 28 heavy (non-hydrogen) atoms. The maximum absolute atomic E-state index is 11.1. The molecule has 0 radical (unpaired) electrons. The molecule has 4 unspecified atom stereocenters. The van der Waals surface area contributed by atoms with Crippen LogP contribution in [0.2, 0.25) is 0 Å². The molecule has 2 nitrogen and oxygen atoms in total. The topological polar surface area (TPSA) is 23.5 Å². The van der Waals surface area contributed by atoms with E-state index < -0.39 is 0 Å². The number of hydrogen-bond acceptors (Lipinski definition) is 2. The van der Waals surface area contributed by atoms with Gasteiger partial charge >= 0.3 is 0 Å². The first-order valence-electron chi connectivity index (χ1n) is 10.9. The normalized spacial score (nSPS) is 25.9. The maximum atomic E-state index is 11.1. The van der Waals surface area contributed by atoms with E-state index in [0.717, 1.165) is 12.0 Å². The summed E-state index contributed by atoms with van der Waals surface area (Å²) >= 11 is 0. The van der Waals surface area contributed by atoms with Gasteiger partial charge in [-0.3, -0.25) is 0 Å². The molecule has 1 aromatic carbocycles. The van der Waals surface area contributed by atoms with Crippen LogP contribution in [0.1, 0.15) is 82.9 Å². The van der Waals surface area contributed by atoms with Gasteiger partial charge in [-0.25, -0.2) is 0 Å². The van der Waals surface area contributed by atoms with Gasteiger partial charge in [-0.15, -0.1) is 0 Å². The van der Waals surface area contributed by atoms with Gasteiger partial charge in [-0.2, -0.15) is 0 Å². The van der Waals surface area contributed by atoms with Crippen molar-refractivity contribution in [1.29, 1.82) is 0 Å². The fourth-order valence-electron chi connectivity index (χ4n) is 4.99. The molecule has 5 atom stereocenters. The van der Waals surface area contributed by atoms with Crippen LogP contribution in [0.5, 0.6) is 0 Å². The molecule has 0 aromatic heterocycles. The third kappa shape index (κ3) is 7.17. The monoisotopic (exact) mass is 430 g/mol. The van der Waals surface area contributed by atoms with Crippen molar-refractivity contribution < 1.29 is 22.2 Å². The number of nitrogens with zero attached hydrogens (tertiary/aromatic N) is 1. The average Bonchev–Trinajstić information content (AvgIpc) is 3.33. The molecule has 2 saturated carbocycles. The predicted molar refractivity (Wildman–Crippen MR) is 119 cm³/mol. The van der Waals surface area contributed by atoms with Crippen LogP contribution in [-0.2, 0) is 23.5 Å². The molecule has 0 spiro atoms. The Bertz CT molecular complexity index is 521. The van der Waals surface area contributed by atoms with E-state index in [1.807, 2.05) is 0 Å². The second-order valence-corrected chi connectivity index (χ2v) is 8.77. The third-order valence-corrected chi connectivity index (χ3v) is 6.91. The van der Waals surface area contributed by atoms with Crippen molar-refractivity contribution in [3.05, 3.63) is 42.8 Å². The first kappa shape index (κ1) is 27.7. The number of aliphatic hydroxyl groups excluding tert-OH is 1. The first-order chi connectivity index (χ1) is 12.5. The van der Waals surface area contributed by atoms with Crippen LogP contribution in [0.25, 0.3) is 0 Å². The SMILES string of the molecule is C1CCCC1.CCc1ccccc1C(O)C1C(C)CCC1[C@@H](C)N(C)C.[CH3-].[Fe]. The van der Waals surface area contributed by atoms with E-state index in [2.05, 4.69) is 64.0 Å². The molecule has 0 saturated heterocycles. The number of aryl methyl sites for hydroxylation is 1. The van der Waals surface area contributed by atoms with Crippen LogP contribution >= 0.6 is 0 Å². The summed E-state index contributed by atoms with van der Waals surface area (Å²) < 4.78 is 0. The van der Waals surface area contributed by atoms with Gasteiger partial charge in [0.05, 0.1) is 6.10 Å². The minimum Gasteiger partial charge on any atom is -0.388 e. The van der Waals surface area contributed by atoms with Gasteiger partial charge in [0.15, 0.2) is 0 Å². The maximum Gasteiger partial charge on any atom is 0.0826 e. The zero-order valence-electron chi connectivity index (χ0n) is 19.1. The van der Waals surface area contributed by atoms with Crippen molar-refractivity contribution in [1.82, 2.24) is 4.90 Å². The van der Waals surface area contributed by atoms with Crippen LogP contribution in [0, 0.1) is 25.2 Å². The molecular formula is C25H44FeNO-. The van der Waals surface area contributed by atoms with Crippen molar-refractivity contribution in [3.8, 4) is 0 Å². The van der Waals surface area contributed by atoms with Crippen LogP contribution < -0.4 is 0 Å². The van der Waals surface area contributed by atoms with E-state index in [1.54, 1.807) is 0 Å². The summed E-state index contributed by atoms with van der Waals surface area (Å²) in [6.45, 7) is 6.78. The van der Waals surface area contributed by atoms with E-state index in [9.17, 15) is 5.11 Å². The van der Waals surface area contributed by atoms with Crippen LogP contribution in [0.4, 0.5) is 0 Å². The Kier molecular flexibility index (Phi) is 13.6. The molecule has 1 N–H and O–H groups in total. The summed E-state index contributed by atoms with van der Waals surface area (Å²) in [5, 5.41) is 11.1. The molecule has 2 aliphatic rings. The number of aliphatic hydroxyl groups is 1. The molecule has 3 rings (SSSR count). The van der Waals surface area contributed by atoms with E-state index in [1.165, 1.54) is 50.5 Å². The molecule has 0 aliphatic heterocycles. The van der Waals surface area contributed by atoms with Gasteiger partial charge < -0.3 is 17.4 Å². The quantitative estimate of drug-likeness (QED) is 0.438. The summed E-state index contributed by atoms with van der Waals surface area (Å²) in [6.07, 6.45) is 10.6. The van der Waals surface area contributed by atoms with Gasteiger partial charge in [0.25, 0.3) is 0 Å². The van der Waals surface area contributed by atoms with E-state index in [0.29, 0.717) is 23.8 Å². The van der Waals surface area contributed by atoms with Crippen LogP contribution in [-0.4, -0.2) is 30.1 Å². The predicted octanol–water partition coefficient (Wildman–Crippen LogP) is 6.29.